The van der Waals surface area contributed by atoms with E-state index in [2.05, 4.69) is 37.2 Å². The number of aromatic nitrogens is 1. The van der Waals surface area contributed by atoms with Crippen LogP contribution in [0.15, 0.2) is 232 Å². The number of hydrogen-bond acceptors (Lipinski definition) is 19. The number of halogens is 4. The number of carbonyl (C=O) groups excluding carboxylic acids is 4. The minimum absolute atomic E-state index is 0. The topological polar surface area (TPSA) is 394 Å². The van der Waals surface area contributed by atoms with E-state index < -0.39 is 58.0 Å². The van der Waals surface area contributed by atoms with Gasteiger partial charge < -0.3 is 60.5 Å². The highest BCUT2D eigenvalue weighted by Gasteiger charge is 2.39. The van der Waals surface area contributed by atoms with E-state index in [1.54, 1.807) is 107 Å². The van der Waals surface area contributed by atoms with E-state index in [4.69, 9.17) is 51.9 Å². The molecule has 598 valence electrons. The van der Waals surface area contributed by atoms with Crippen LogP contribution in [0.25, 0.3) is 43.6 Å². The average Bonchev–Trinajstić information content (AvgIpc) is 1.05. The summed E-state index contributed by atoms with van der Waals surface area (Å²) < 4.78 is 1.73. The molecule has 12 aromatic carbocycles. The van der Waals surface area contributed by atoms with Gasteiger partial charge in [0.1, 0.15) is 11.5 Å². The largest absolute Gasteiger partial charge is 0.507 e. The van der Waals surface area contributed by atoms with Crippen LogP contribution in [0.4, 0.5) is 22.7 Å². The van der Waals surface area contributed by atoms with Gasteiger partial charge in [-0.2, -0.15) is 15.3 Å². The lowest BCUT2D eigenvalue weighted by molar-refractivity contribution is -0.114. The summed E-state index contributed by atoms with van der Waals surface area (Å²) >= 11 is 24.7. The number of rotatable bonds is 16. The second kappa shape index (κ2) is 35.4. The van der Waals surface area contributed by atoms with Crippen LogP contribution in [0, 0.1) is 19.4 Å². The number of carbonyl (C=O) groups is 4. The SMILES string of the molecule is Cc1cc2c(C(C)C)c(O)c(O)c(/C=N/N=C3\C(=O)N(Cc4ccccc4)c4ccc(Cl)cc43)c2c(O)c1-c1c(C)cc2c(C(C)C)c(O)c(O)c(/C=N/N=C3/C(=O)N(Cc4ccccc4)c4ccc(Cl)cc43)c2c1O.N=Nc1c(O)n(Cc2ccccc2)c2ccc(Cl)cc12.NN.O.O=C1C(=O)N(Cc2ccccc2)c2ccc(Cl)cc21. The van der Waals surface area contributed by atoms with E-state index in [1.807, 2.05) is 155 Å². The van der Waals surface area contributed by atoms with Crippen LogP contribution in [0.2, 0.25) is 20.1 Å². The van der Waals surface area contributed by atoms with Crippen molar-refractivity contribution >= 4 is 149 Å². The number of hydrogen-bond donors (Lipinski definition) is 10. The van der Waals surface area contributed by atoms with Gasteiger partial charge >= 0.3 is 0 Å². The molecule has 0 aliphatic carbocycles. The van der Waals surface area contributed by atoms with Gasteiger partial charge in [0.2, 0.25) is 5.88 Å². The number of nitrogens with zero attached hydrogens (tertiary/aromatic N) is 9. The molecule has 0 atom stereocenters. The van der Waals surface area contributed by atoms with E-state index in [0.29, 0.717) is 105 Å². The molecular formula is C90H78Cl4N12O12. The van der Waals surface area contributed by atoms with Crippen LogP contribution < -0.4 is 26.4 Å². The molecule has 3 amide bonds. The Balaban J connectivity index is 0.000000245. The van der Waals surface area contributed by atoms with Crippen LogP contribution in [0.5, 0.6) is 40.4 Å². The zero-order valence-corrected chi connectivity index (χ0v) is 67.2. The van der Waals surface area contributed by atoms with E-state index in [9.17, 15) is 54.9 Å². The van der Waals surface area contributed by atoms with Crippen LogP contribution in [-0.2, 0) is 40.6 Å². The Morgan fingerprint density at radius 2 is 0.754 bits per heavy atom. The molecule has 0 unspecified atom stereocenters. The monoisotopic (exact) mass is 1660 g/mol. The molecule has 3 aliphatic heterocycles. The molecule has 14 N–H and O–H groups in total. The molecule has 0 saturated carbocycles. The molecule has 16 rings (SSSR count). The molecule has 0 radical (unpaired) electrons. The third-order valence-electron chi connectivity index (χ3n) is 20.3. The van der Waals surface area contributed by atoms with Gasteiger partial charge in [-0.25, -0.2) is 5.53 Å². The number of aromatic hydroxyl groups is 7. The summed E-state index contributed by atoms with van der Waals surface area (Å²) in [6.45, 7) is 12.1. The number of benzene rings is 12. The molecular weight excluding hydrogens is 1580 g/mol. The van der Waals surface area contributed by atoms with Crippen molar-refractivity contribution in [1.29, 1.82) is 5.53 Å². The fourth-order valence-corrected chi connectivity index (χ4v) is 15.7. The predicted octanol–water partition coefficient (Wildman–Crippen LogP) is 18.6. The highest BCUT2D eigenvalue weighted by molar-refractivity contribution is 6.56. The van der Waals surface area contributed by atoms with Gasteiger partial charge in [-0.05, 0) is 143 Å². The fraction of sp³-hybridized carbons (Fsp3) is 0.133. The van der Waals surface area contributed by atoms with Gasteiger partial charge in [-0.1, -0.05) is 208 Å². The minimum atomic E-state index is -0.618. The Bertz CT molecular complexity index is 6050. The fourth-order valence-electron chi connectivity index (χ4n) is 15.1. The first-order chi connectivity index (χ1) is 56.2. The number of fused-ring (bicyclic) bond motifs is 6. The van der Waals surface area contributed by atoms with Crippen molar-refractivity contribution in [1.82, 2.24) is 4.57 Å². The number of anilines is 3. The third-order valence-corrected chi connectivity index (χ3v) is 21.3. The van der Waals surface area contributed by atoms with Gasteiger partial charge in [0.15, 0.2) is 40.1 Å². The second-order valence-electron chi connectivity index (χ2n) is 28.4. The summed E-state index contributed by atoms with van der Waals surface area (Å²) in [6.07, 6.45) is 2.29. The number of Topliss-reactive ketones (excluding diaryl/α,β-unsaturated/α-hetero) is 1. The van der Waals surface area contributed by atoms with Crippen molar-refractivity contribution in [2.75, 3.05) is 14.7 Å². The number of nitrogens with two attached hydrogens (primary N) is 2. The van der Waals surface area contributed by atoms with Gasteiger partial charge in [-0.15, -0.1) is 10.2 Å². The number of hydrazine groups is 1. The Morgan fingerprint density at radius 3 is 1.13 bits per heavy atom. The molecule has 3 aliphatic rings. The third kappa shape index (κ3) is 16.1. The van der Waals surface area contributed by atoms with Crippen molar-refractivity contribution < 1.29 is 60.4 Å². The maximum Gasteiger partial charge on any atom is 0.299 e. The lowest BCUT2D eigenvalue weighted by Crippen LogP contribution is -2.29. The molecule has 0 bridgehead atoms. The van der Waals surface area contributed by atoms with Gasteiger partial charge in [-0.3, -0.25) is 30.9 Å². The van der Waals surface area contributed by atoms with Crippen LogP contribution in [-0.4, -0.2) is 93.1 Å². The molecule has 28 heteroatoms. The molecule has 0 fully saturated rings. The Morgan fingerprint density at radius 1 is 0.415 bits per heavy atom. The molecule has 13 aromatic rings. The first-order valence-corrected chi connectivity index (χ1v) is 38.2. The zero-order valence-electron chi connectivity index (χ0n) is 64.2. The minimum Gasteiger partial charge on any atom is -0.507 e. The summed E-state index contributed by atoms with van der Waals surface area (Å²) in [4.78, 5) is 56.7. The van der Waals surface area contributed by atoms with Gasteiger partial charge in [0, 0.05) is 69.6 Å². The van der Waals surface area contributed by atoms with Crippen molar-refractivity contribution in [2.24, 2.45) is 37.2 Å². The maximum absolute atomic E-state index is 14.1. The quantitative estimate of drug-likeness (QED) is 0.0107. The van der Waals surface area contributed by atoms with Crippen LogP contribution >= 0.6 is 46.4 Å². The van der Waals surface area contributed by atoms with E-state index >= 15 is 0 Å². The zero-order chi connectivity index (χ0) is 83.5. The van der Waals surface area contributed by atoms with E-state index in [1.165, 1.54) is 4.90 Å². The number of ketones is 1. The first kappa shape index (κ1) is 84.1. The second-order valence-corrected chi connectivity index (χ2v) is 30.1. The smallest absolute Gasteiger partial charge is 0.299 e. The Hall–Kier alpha value is -13.3. The summed E-state index contributed by atoms with van der Waals surface area (Å²) in [5, 5.41) is 107. The van der Waals surface area contributed by atoms with Crippen molar-refractivity contribution in [2.45, 2.75) is 79.6 Å². The lowest BCUT2D eigenvalue weighted by atomic mass is 9.83. The van der Waals surface area contributed by atoms with Gasteiger partial charge in [0.05, 0.1) is 77.9 Å². The first-order valence-electron chi connectivity index (χ1n) is 36.7. The molecule has 0 spiro atoms. The molecule has 4 heterocycles. The number of nitrogens with one attached hydrogen (secondary N) is 1. The Labute approximate surface area is 696 Å². The predicted molar refractivity (Wildman–Crippen MR) is 465 cm³/mol. The van der Waals surface area contributed by atoms with Crippen LogP contribution in [0.1, 0.15) is 117 Å². The summed E-state index contributed by atoms with van der Waals surface area (Å²) in [6, 6.07) is 62.0. The normalized spacial score (nSPS) is 13.6. The van der Waals surface area contributed by atoms with Crippen molar-refractivity contribution in [3.8, 4) is 51.5 Å². The summed E-state index contributed by atoms with van der Waals surface area (Å²) in [7, 11) is 0. The van der Waals surface area contributed by atoms with Crippen LogP contribution in [0.3, 0.4) is 0 Å². The van der Waals surface area contributed by atoms with Crippen molar-refractivity contribution in [3.05, 3.63) is 299 Å². The standard InChI is InChI=1S/C60H50Cl2N6O8.C15H12ClN3O.C15H10ClNO2.H4N2.H2O/c1-29(2)45-39-21-31(5)47(55(71)49(39)41(53(69)57(45)73)25-63-65-51-37-23-35(61)17-19-43(37)67(59(51)75)27-33-13-9-7-10-14-33)48-32(6)22-40-46(30(3)4)58(74)54(70)42(50(40)56(48)72)26-64-66-52-38-24-36(62)18-20-44(38)68(60(52)76)28-34-15-11-8-12-16-34;16-11-6-7-13-12(8-11)14(18-17)15(20)19(13)9-10-4-2-1-3-5-10;16-11-6-7-13-12(8-11)14(18)15(19)17(13)9-10-4-2-1-3-5-10;1-2;/h7-26,29-30,69-74H,27-28H2,1-6H3;1-8,17,20H,9H2;1-8H,9H2;1-2H2;1H2/b63-25+,64-26+,65-51-,66-52+;;;;. The lowest BCUT2D eigenvalue weighted by Gasteiger charge is -2.23. The molecule has 1 aromatic heterocycles. The summed E-state index contributed by atoms with van der Waals surface area (Å²) in [5.74, 6) is 2.40. The average molecular weight is 1660 g/mol. The highest BCUT2D eigenvalue weighted by atomic mass is 35.5. The van der Waals surface area contributed by atoms with E-state index in [0.717, 1.165) is 40.2 Å². The number of phenols is 6. The number of amides is 3. The Kier molecular flexibility index (Phi) is 25.3. The number of aryl methyl sites for hydroxylation is 2. The summed E-state index contributed by atoms with van der Waals surface area (Å²) in [5.41, 5.74) is 16.6. The molecule has 24 nitrogen and oxygen atoms in total. The molecule has 118 heavy (non-hydrogen) atoms. The molecule has 0 saturated heterocycles. The van der Waals surface area contributed by atoms with E-state index in [-0.39, 0.29) is 86.4 Å². The van der Waals surface area contributed by atoms with Crippen molar-refractivity contribution in [3.63, 3.8) is 0 Å². The maximum atomic E-state index is 14.1. The van der Waals surface area contributed by atoms with Gasteiger partial charge in [0.25, 0.3) is 23.5 Å². The highest BCUT2D eigenvalue weighted by Crippen LogP contribution is 2.55. The number of phenolic OH excluding ortho intramolecular Hbond substituents is 6.